The molecular formula is C16H9Cl2NO2S. The molecule has 0 aliphatic heterocycles. The minimum Gasteiger partial charge on any atom is -0.321 e. The molecule has 0 atom stereocenters. The lowest BCUT2D eigenvalue weighted by molar-refractivity contribution is 0.103. The van der Waals surface area contributed by atoms with Crippen LogP contribution in [0.25, 0.3) is 10.1 Å². The van der Waals surface area contributed by atoms with Crippen molar-refractivity contribution < 1.29 is 9.59 Å². The summed E-state index contributed by atoms with van der Waals surface area (Å²) < 4.78 is 0.959. The van der Waals surface area contributed by atoms with Gasteiger partial charge in [-0.15, -0.1) is 11.3 Å². The van der Waals surface area contributed by atoms with Crippen LogP contribution in [0.1, 0.15) is 20.0 Å². The Balaban J connectivity index is 1.87. The standard InChI is InChI=1S/C16H9Cl2NO2S/c17-13-11-3-1-2-4-12(11)22-14(13)16(21)19-10-7-5-9(6-8-10)15(18)20/h1-8H,(H,19,21). The molecule has 0 saturated heterocycles. The van der Waals surface area contributed by atoms with Crippen LogP contribution in [0.4, 0.5) is 5.69 Å². The largest absolute Gasteiger partial charge is 0.321 e. The first-order valence-corrected chi connectivity index (χ1v) is 7.92. The van der Waals surface area contributed by atoms with E-state index in [4.69, 9.17) is 23.2 Å². The molecule has 1 N–H and O–H groups in total. The smallest absolute Gasteiger partial charge is 0.267 e. The molecule has 0 radical (unpaired) electrons. The van der Waals surface area contributed by atoms with Gasteiger partial charge in [-0.25, -0.2) is 0 Å². The van der Waals surface area contributed by atoms with E-state index >= 15 is 0 Å². The summed E-state index contributed by atoms with van der Waals surface area (Å²) in [4.78, 5) is 23.8. The maximum atomic E-state index is 12.3. The van der Waals surface area contributed by atoms with Gasteiger partial charge in [0, 0.05) is 21.3 Å². The van der Waals surface area contributed by atoms with E-state index in [-0.39, 0.29) is 5.91 Å². The predicted octanol–water partition coefficient (Wildman–Crippen LogP) is 5.19. The highest BCUT2D eigenvalue weighted by Gasteiger charge is 2.17. The Bertz CT molecular complexity index is 871. The number of thiophene rings is 1. The molecule has 3 nitrogen and oxygen atoms in total. The summed E-state index contributed by atoms with van der Waals surface area (Å²) >= 11 is 13.0. The van der Waals surface area contributed by atoms with Crippen LogP contribution >= 0.6 is 34.5 Å². The van der Waals surface area contributed by atoms with Crippen molar-refractivity contribution in [2.75, 3.05) is 5.32 Å². The molecule has 1 amide bonds. The van der Waals surface area contributed by atoms with Crippen molar-refractivity contribution >= 4 is 61.5 Å². The third kappa shape index (κ3) is 2.86. The third-order valence-corrected chi connectivity index (χ3v) is 5.00. The number of hydrogen-bond acceptors (Lipinski definition) is 3. The van der Waals surface area contributed by atoms with Gasteiger partial charge in [-0.1, -0.05) is 29.8 Å². The van der Waals surface area contributed by atoms with Crippen molar-refractivity contribution in [3.05, 3.63) is 64.0 Å². The van der Waals surface area contributed by atoms with Gasteiger partial charge in [0.25, 0.3) is 11.1 Å². The Morgan fingerprint density at radius 1 is 1.00 bits per heavy atom. The average molecular weight is 350 g/mol. The first-order valence-electron chi connectivity index (χ1n) is 6.34. The minimum absolute atomic E-state index is 0.281. The average Bonchev–Trinajstić information content (AvgIpc) is 2.85. The zero-order chi connectivity index (χ0) is 15.7. The van der Waals surface area contributed by atoms with Gasteiger partial charge < -0.3 is 5.32 Å². The summed E-state index contributed by atoms with van der Waals surface area (Å²) in [7, 11) is 0. The molecule has 1 aromatic heterocycles. The van der Waals surface area contributed by atoms with Crippen molar-refractivity contribution in [1.82, 2.24) is 0 Å². The molecule has 3 rings (SSSR count). The monoisotopic (exact) mass is 349 g/mol. The molecule has 3 aromatic rings. The molecule has 1 heterocycles. The van der Waals surface area contributed by atoms with Crippen LogP contribution in [0.3, 0.4) is 0 Å². The Morgan fingerprint density at radius 2 is 1.68 bits per heavy atom. The SMILES string of the molecule is O=C(Cl)c1ccc(NC(=O)c2sc3ccccc3c2Cl)cc1. The van der Waals surface area contributed by atoms with Crippen molar-refractivity contribution in [2.45, 2.75) is 0 Å². The summed E-state index contributed by atoms with van der Waals surface area (Å²) in [6.45, 7) is 0. The van der Waals surface area contributed by atoms with E-state index in [0.29, 0.717) is 21.2 Å². The number of hydrogen-bond donors (Lipinski definition) is 1. The lowest BCUT2D eigenvalue weighted by Gasteiger charge is -2.04. The summed E-state index contributed by atoms with van der Waals surface area (Å²) in [5, 5.41) is 3.54. The second kappa shape index (κ2) is 6.08. The normalized spacial score (nSPS) is 10.6. The van der Waals surface area contributed by atoms with Gasteiger partial charge in [0.15, 0.2) is 0 Å². The number of fused-ring (bicyclic) bond motifs is 1. The van der Waals surface area contributed by atoms with Crippen LogP contribution in [-0.2, 0) is 0 Å². The number of amides is 1. The Morgan fingerprint density at radius 3 is 2.32 bits per heavy atom. The molecule has 2 aromatic carbocycles. The number of halogens is 2. The quantitative estimate of drug-likeness (QED) is 0.661. The van der Waals surface area contributed by atoms with Crippen molar-refractivity contribution in [1.29, 1.82) is 0 Å². The zero-order valence-corrected chi connectivity index (χ0v) is 13.4. The van der Waals surface area contributed by atoms with Crippen LogP contribution in [0.15, 0.2) is 48.5 Å². The van der Waals surface area contributed by atoms with Crippen molar-refractivity contribution in [3.8, 4) is 0 Å². The van der Waals surface area contributed by atoms with Gasteiger partial charge in [0.2, 0.25) is 0 Å². The summed E-state index contributed by atoms with van der Waals surface area (Å²) in [6, 6.07) is 13.9. The third-order valence-electron chi connectivity index (χ3n) is 3.11. The molecule has 0 aliphatic carbocycles. The fourth-order valence-corrected chi connectivity index (χ4v) is 3.57. The highest BCUT2D eigenvalue weighted by Crippen LogP contribution is 2.35. The molecule has 0 fully saturated rings. The van der Waals surface area contributed by atoms with E-state index in [1.165, 1.54) is 11.3 Å². The summed E-state index contributed by atoms with van der Waals surface area (Å²) in [5.74, 6) is -0.281. The number of rotatable bonds is 3. The van der Waals surface area contributed by atoms with E-state index in [0.717, 1.165) is 10.1 Å². The number of carbonyl (C=O) groups is 2. The highest BCUT2D eigenvalue weighted by molar-refractivity contribution is 7.21. The second-order valence-corrected chi connectivity index (χ2v) is 6.32. The molecule has 0 spiro atoms. The van der Waals surface area contributed by atoms with Crippen LogP contribution in [0.5, 0.6) is 0 Å². The fraction of sp³-hybridized carbons (Fsp3) is 0. The Hall–Kier alpha value is -1.88. The molecule has 6 heteroatoms. The lowest BCUT2D eigenvalue weighted by Crippen LogP contribution is -2.10. The predicted molar refractivity (Wildman–Crippen MR) is 91.4 cm³/mol. The lowest BCUT2D eigenvalue weighted by atomic mass is 10.2. The van der Waals surface area contributed by atoms with E-state index in [1.807, 2.05) is 24.3 Å². The number of benzene rings is 2. The van der Waals surface area contributed by atoms with Gasteiger partial charge in [0.1, 0.15) is 4.88 Å². The minimum atomic E-state index is -0.537. The van der Waals surface area contributed by atoms with Crippen LogP contribution in [0.2, 0.25) is 5.02 Å². The van der Waals surface area contributed by atoms with E-state index < -0.39 is 5.24 Å². The highest BCUT2D eigenvalue weighted by atomic mass is 35.5. The maximum Gasteiger partial charge on any atom is 0.267 e. The van der Waals surface area contributed by atoms with Gasteiger partial charge >= 0.3 is 0 Å². The van der Waals surface area contributed by atoms with Crippen molar-refractivity contribution in [3.63, 3.8) is 0 Å². The molecular weight excluding hydrogens is 341 g/mol. The molecule has 22 heavy (non-hydrogen) atoms. The van der Waals surface area contributed by atoms with Gasteiger partial charge in [-0.05, 0) is 41.9 Å². The molecule has 0 saturated carbocycles. The van der Waals surface area contributed by atoms with E-state index in [9.17, 15) is 9.59 Å². The van der Waals surface area contributed by atoms with Crippen LogP contribution in [-0.4, -0.2) is 11.1 Å². The molecule has 0 aliphatic rings. The van der Waals surface area contributed by atoms with Crippen LogP contribution in [0, 0.1) is 0 Å². The zero-order valence-electron chi connectivity index (χ0n) is 11.1. The van der Waals surface area contributed by atoms with E-state index in [1.54, 1.807) is 24.3 Å². The fourth-order valence-electron chi connectivity index (χ4n) is 2.03. The summed E-state index contributed by atoms with van der Waals surface area (Å²) in [5.41, 5.74) is 0.944. The number of anilines is 1. The Labute approximate surface area is 140 Å². The van der Waals surface area contributed by atoms with E-state index in [2.05, 4.69) is 5.32 Å². The van der Waals surface area contributed by atoms with Crippen molar-refractivity contribution in [2.24, 2.45) is 0 Å². The molecule has 110 valence electrons. The number of nitrogens with one attached hydrogen (secondary N) is 1. The molecule has 0 unspecified atom stereocenters. The Kier molecular flexibility index (Phi) is 4.16. The number of carbonyl (C=O) groups excluding carboxylic acids is 2. The van der Waals surface area contributed by atoms with Gasteiger partial charge in [-0.2, -0.15) is 0 Å². The summed E-state index contributed by atoms with van der Waals surface area (Å²) in [6.07, 6.45) is 0. The van der Waals surface area contributed by atoms with Crippen LogP contribution < -0.4 is 5.32 Å². The first kappa shape index (κ1) is 15.0. The van der Waals surface area contributed by atoms with Gasteiger partial charge in [0.05, 0.1) is 5.02 Å². The first-order chi connectivity index (χ1) is 10.6. The molecule has 0 bridgehead atoms. The second-order valence-electron chi connectivity index (χ2n) is 4.55. The topological polar surface area (TPSA) is 46.2 Å². The van der Waals surface area contributed by atoms with Gasteiger partial charge in [-0.3, -0.25) is 9.59 Å². The maximum absolute atomic E-state index is 12.3.